The predicted molar refractivity (Wildman–Crippen MR) is 97.6 cm³/mol. The molecular weight excluding hydrogens is 342 g/mol. The molecule has 6 nitrogen and oxygen atoms in total. The van der Waals surface area contributed by atoms with E-state index in [2.05, 4.69) is 24.0 Å². The van der Waals surface area contributed by atoms with E-state index in [1.807, 2.05) is 43.3 Å². The van der Waals surface area contributed by atoms with Gasteiger partial charge < -0.3 is 10.3 Å². The van der Waals surface area contributed by atoms with Crippen LogP contribution in [0.15, 0.2) is 41.6 Å². The number of thioether (sulfide) groups is 1. The van der Waals surface area contributed by atoms with E-state index in [1.165, 1.54) is 17.3 Å². The summed E-state index contributed by atoms with van der Waals surface area (Å²) in [5.41, 5.74) is 5.26. The molecule has 2 N–H and O–H groups in total. The molecule has 2 aromatic carbocycles. The molecule has 0 fully saturated rings. The van der Waals surface area contributed by atoms with Gasteiger partial charge in [-0.2, -0.15) is 8.75 Å². The SMILES string of the molecule is Cc1ccc2nc(SCC(=O)Nc3cccc4nsnc34)[nH]c2c1. The average molecular weight is 355 g/mol. The number of imidazole rings is 1. The molecule has 0 aliphatic carbocycles. The van der Waals surface area contributed by atoms with Crippen LogP contribution in [0.3, 0.4) is 0 Å². The van der Waals surface area contributed by atoms with Crippen molar-refractivity contribution in [2.75, 3.05) is 11.1 Å². The molecule has 4 rings (SSSR count). The van der Waals surface area contributed by atoms with Gasteiger partial charge in [-0.15, -0.1) is 0 Å². The number of fused-ring (bicyclic) bond motifs is 2. The Morgan fingerprint density at radius 1 is 1.25 bits per heavy atom. The van der Waals surface area contributed by atoms with E-state index in [0.29, 0.717) is 5.69 Å². The molecule has 0 bridgehead atoms. The lowest BCUT2D eigenvalue weighted by Crippen LogP contribution is -2.14. The largest absolute Gasteiger partial charge is 0.333 e. The monoisotopic (exact) mass is 355 g/mol. The highest BCUT2D eigenvalue weighted by Gasteiger charge is 2.10. The first-order valence-corrected chi connectivity index (χ1v) is 9.01. The van der Waals surface area contributed by atoms with Crippen molar-refractivity contribution in [1.82, 2.24) is 18.7 Å². The van der Waals surface area contributed by atoms with Crippen LogP contribution in [0.4, 0.5) is 5.69 Å². The second kappa shape index (κ2) is 6.21. The van der Waals surface area contributed by atoms with Crippen molar-refractivity contribution in [1.29, 1.82) is 0 Å². The molecule has 4 aromatic rings. The Morgan fingerprint density at radius 3 is 3.08 bits per heavy atom. The molecule has 2 heterocycles. The molecular formula is C16H13N5OS2. The minimum absolute atomic E-state index is 0.0999. The first-order valence-electron chi connectivity index (χ1n) is 7.29. The maximum Gasteiger partial charge on any atom is 0.234 e. The molecule has 2 aromatic heterocycles. The molecule has 0 atom stereocenters. The van der Waals surface area contributed by atoms with Gasteiger partial charge in [0.25, 0.3) is 0 Å². The van der Waals surface area contributed by atoms with Crippen LogP contribution in [-0.4, -0.2) is 30.4 Å². The summed E-state index contributed by atoms with van der Waals surface area (Å²) in [7, 11) is 0. The Morgan fingerprint density at radius 2 is 2.17 bits per heavy atom. The van der Waals surface area contributed by atoms with E-state index in [9.17, 15) is 4.79 Å². The molecule has 8 heteroatoms. The number of anilines is 1. The van der Waals surface area contributed by atoms with E-state index >= 15 is 0 Å². The number of H-pyrrole nitrogens is 1. The van der Waals surface area contributed by atoms with Crippen molar-refractivity contribution in [3.8, 4) is 0 Å². The van der Waals surface area contributed by atoms with E-state index in [-0.39, 0.29) is 11.7 Å². The normalized spacial score (nSPS) is 11.2. The third kappa shape index (κ3) is 2.98. The third-order valence-electron chi connectivity index (χ3n) is 3.52. The van der Waals surface area contributed by atoms with Crippen LogP contribution < -0.4 is 5.32 Å². The Kier molecular flexibility index (Phi) is 3.91. The summed E-state index contributed by atoms with van der Waals surface area (Å²) in [6.45, 7) is 2.04. The topological polar surface area (TPSA) is 83.6 Å². The van der Waals surface area contributed by atoms with Crippen molar-refractivity contribution in [3.05, 3.63) is 42.0 Å². The molecule has 0 saturated carbocycles. The van der Waals surface area contributed by atoms with Gasteiger partial charge >= 0.3 is 0 Å². The number of aromatic amines is 1. The Balaban J connectivity index is 1.45. The summed E-state index contributed by atoms with van der Waals surface area (Å²) >= 11 is 2.51. The zero-order valence-electron chi connectivity index (χ0n) is 12.7. The van der Waals surface area contributed by atoms with E-state index in [1.54, 1.807) is 0 Å². The van der Waals surface area contributed by atoms with E-state index < -0.39 is 0 Å². The molecule has 0 spiro atoms. The number of aromatic nitrogens is 4. The van der Waals surface area contributed by atoms with Crippen LogP contribution in [-0.2, 0) is 4.79 Å². The number of nitrogens with one attached hydrogen (secondary N) is 2. The number of rotatable bonds is 4. The number of nitrogens with zero attached hydrogens (tertiary/aromatic N) is 3. The highest BCUT2D eigenvalue weighted by molar-refractivity contribution is 7.99. The number of amides is 1. The molecule has 0 aliphatic rings. The Bertz CT molecular complexity index is 1040. The lowest BCUT2D eigenvalue weighted by atomic mass is 10.2. The summed E-state index contributed by atoms with van der Waals surface area (Å²) in [5.74, 6) is 0.171. The standard InChI is InChI=1S/C16H13N5OS2/c1-9-5-6-10-13(7-9)19-16(18-10)23-8-14(22)17-11-3-2-4-12-15(11)21-24-20-12/h2-7H,8H2,1H3,(H,17,22)(H,18,19). The fraction of sp³-hybridized carbons (Fsp3) is 0.125. The summed E-state index contributed by atoms with van der Waals surface area (Å²) in [6.07, 6.45) is 0. The molecule has 1 amide bonds. The number of aryl methyl sites for hydroxylation is 1. The van der Waals surface area contributed by atoms with Crippen LogP contribution in [0.1, 0.15) is 5.56 Å². The second-order valence-electron chi connectivity index (χ2n) is 5.34. The number of benzene rings is 2. The van der Waals surface area contributed by atoms with Gasteiger partial charge in [0.2, 0.25) is 5.91 Å². The van der Waals surface area contributed by atoms with Crippen molar-refractivity contribution >= 4 is 57.2 Å². The fourth-order valence-electron chi connectivity index (χ4n) is 2.40. The van der Waals surface area contributed by atoms with Gasteiger partial charge in [0.05, 0.1) is 34.2 Å². The number of hydrogen-bond donors (Lipinski definition) is 2. The van der Waals surface area contributed by atoms with Gasteiger partial charge in [-0.3, -0.25) is 4.79 Å². The maximum absolute atomic E-state index is 12.2. The highest BCUT2D eigenvalue weighted by atomic mass is 32.2. The van der Waals surface area contributed by atoms with Crippen LogP contribution in [0, 0.1) is 6.92 Å². The number of hydrogen-bond acceptors (Lipinski definition) is 6. The highest BCUT2D eigenvalue weighted by Crippen LogP contribution is 2.23. The zero-order chi connectivity index (χ0) is 16.5. The van der Waals surface area contributed by atoms with Crippen LogP contribution >= 0.6 is 23.5 Å². The fourth-order valence-corrected chi connectivity index (χ4v) is 3.63. The average Bonchev–Trinajstić information content (AvgIpc) is 3.19. The van der Waals surface area contributed by atoms with Crippen molar-refractivity contribution in [2.45, 2.75) is 12.1 Å². The third-order valence-corrected chi connectivity index (χ3v) is 4.93. The molecule has 24 heavy (non-hydrogen) atoms. The first kappa shape index (κ1) is 15.1. The van der Waals surface area contributed by atoms with E-state index in [4.69, 9.17) is 0 Å². The lowest BCUT2D eigenvalue weighted by molar-refractivity contribution is -0.113. The smallest absolute Gasteiger partial charge is 0.234 e. The summed E-state index contributed by atoms with van der Waals surface area (Å²) < 4.78 is 8.39. The van der Waals surface area contributed by atoms with Crippen molar-refractivity contribution in [3.63, 3.8) is 0 Å². The Labute approximate surface area is 146 Å². The van der Waals surface area contributed by atoms with Crippen LogP contribution in [0.5, 0.6) is 0 Å². The predicted octanol–water partition coefficient (Wildman–Crippen LogP) is 3.61. The Hall–Kier alpha value is -2.45. The van der Waals surface area contributed by atoms with Gasteiger partial charge in [0.15, 0.2) is 5.16 Å². The van der Waals surface area contributed by atoms with Gasteiger partial charge in [-0.05, 0) is 36.8 Å². The van der Waals surface area contributed by atoms with Gasteiger partial charge in [0, 0.05) is 0 Å². The second-order valence-corrected chi connectivity index (χ2v) is 6.83. The van der Waals surface area contributed by atoms with Crippen LogP contribution in [0.25, 0.3) is 22.1 Å². The first-order chi connectivity index (χ1) is 11.7. The molecule has 0 aliphatic heterocycles. The molecule has 0 unspecified atom stereocenters. The number of carbonyl (C=O) groups excluding carboxylic acids is 1. The number of carbonyl (C=O) groups is 1. The molecule has 120 valence electrons. The van der Waals surface area contributed by atoms with E-state index in [0.717, 1.165) is 39.0 Å². The van der Waals surface area contributed by atoms with Gasteiger partial charge in [-0.1, -0.05) is 23.9 Å². The summed E-state index contributed by atoms with van der Waals surface area (Å²) in [6, 6.07) is 11.6. The molecule has 0 radical (unpaired) electrons. The minimum atomic E-state index is -0.0999. The summed E-state index contributed by atoms with van der Waals surface area (Å²) in [5, 5.41) is 3.62. The van der Waals surface area contributed by atoms with Gasteiger partial charge in [0.1, 0.15) is 11.0 Å². The minimum Gasteiger partial charge on any atom is -0.333 e. The zero-order valence-corrected chi connectivity index (χ0v) is 14.4. The lowest BCUT2D eigenvalue weighted by Gasteiger charge is -2.04. The maximum atomic E-state index is 12.2. The van der Waals surface area contributed by atoms with Crippen LogP contribution in [0.2, 0.25) is 0 Å². The molecule has 0 saturated heterocycles. The van der Waals surface area contributed by atoms with Gasteiger partial charge in [-0.25, -0.2) is 4.98 Å². The quantitative estimate of drug-likeness (QED) is 0.546. The van der Waals surface area contributed by atoms with Crippen molar-refractivity contribution < 1.29 is 4.79 Å². The van der Waals surface area contributed by atoms with Crippen molar-refractivity contribution in [2.24, 2.45) is 0 Å². The summed E-state index contributed by atoms with van der Waals surface area (Å²) in [4.78, 5) is 19.9.